The Bertz CT molecular complexity index is 1170. The number of carbonyl (C=O) groups is 5. The van der Waals surface area contributed by atoms with Crippen LogP contribution in [-0.4, -0.2) is 64.2 Å². The Kier molecular flexibility index (Phi) is 7.93. The Morgan fingerprint density at radius 1 is 1.06 bits per heavy atom. The highest BCUT2D eigenvalue weighted by Gasteiger charge is 2.58. The number of nitrogens with one attached hydrogen (secondary N) is 2. The first-order valence-corrected chi connectivity index (χ1v) is 11.1. The summed E-state index contributed by atoms with van der Waals surface area (Å²) in [5.41, 5.74) is -0.336. The van der Waals surface area contributed by atoms with Crippen LogP contribution in [0.15, 0.2) is 54.6 Å². The van der Waals surface area contributed by atoms with Crippen LogP contribution in [0.2, 0.25) is 0 Å². The normalized spacial score (nSPS) is 20.9. The molecular formula is C25H27N3O8. The lowest BCUT2D eigenvalue weighted by Crippen LogP contribution is -2.54. The van der Waals surface area contributed by atoms with E-state index < -0.39 is 53.9 Å². The molecule has 0 saturated carbocycles. The van der Waals surface area contributed by atoms with Crippen LogP contribution in [0.1, 0.15) is 30.5 Å². The number of carboxylic acid groups (broad SMARTS) is 2. The van der Waals surface area contributed by atoms with Crippen molar-refractivity contribution < 1.29 is 38.9 Å². The maximum atomic E-state index is 13.3. The van der Waals surface area contributed by atoms with E-state index in [2.05, 4.69) is 15.4 Å². The number of aliphatic carboxylic acids is 2. The SMILES string of the molecule is COC(=O)Cc1cccc(NC(=O)NCC(=O)N2C(c3ccccc3)C(C(=O)O)CC2(C)C(=O)O)c1. The molecule has 0 aliphatic carbocycles. The van der Waals surface area contributed by atoms with Gasteiger partial charge in [-0.15, -0.1) is 0 Å². The van der Waals surface area contributed by atoms with Gasteiger partial charge in [0.05, 0.1) is 32.0 Å². The lowest BCUT2D eigenvalue weighted by atomic mass is 9.90. The van der Waals surface area contributed by atoms with E-state index >= 15 is 0 Å². The van der Waals surface area contributed by atoms with E-state index in [1.165, 1.54) is 14.0 Å². The van der Waals surface area contributed by atoms with Crippen molar-refractivity contribution in [2.75, 3.05) is 19.0 Å². The van der Waals surface area contributed by atoms with Crippen LogP contribution in [0.5, 0.6) is 0 Å². The first-order valence-electron chi connectivity index (χ1n) is 11.1. The van der Waals surface area contributed by atoms with Crippen molar-refractivity contribution in [2.45, 2.75) is 31.3 Å². The van der Waals surface area contributed by atoms with Gasteiger partial charge in [-0.25, -0.2) is 9.59 Å². The van der Waals surface area contributed by atoms with Crippen LogP contribution >= 0.6 is 0 Å². The summed E-state index contributed by atoms with van der Waals surface area (Å²) >= 11 is 0. The Morgan fingerprint density at radius 3 is 2.36 bits per heavy atom. The minimum atomic E-state index is -1.79. The number of carboxylic acids is 2. The number of rotatable bonds is 8. The third-order valence-corrected chi connectivity index (χ3v) is 6.16. The van der Waals surface area contributed by atoms with Gasteiger partial charge in [-0.2, -0.15) is 0 Å². The fraction of sp³-hybridized carbons (Fsp3) is 0.320. The maximum Gasteiger partial charge on any atom is 0.329 e. The number of nitrogens with zero attached hydrogens (tertiary/aromatic N) is 1. The number of hydrogen-bond acceptors (Lipinski definition) is 6. The highest BCUT2D eigenvalue weighted by Crippen LogP contribution is 2.47. The van der Waals surface area contributed by atoms with Crippen molar-refractivity contribution in [2.24, 2.45) is 5.92 Å². The monoisotopic (exact) mass is 497 g/mol. The average Bonchev–Trinajstić information content (AvgIpc) is 3.18. The number of hydrogen-bond donors (Lipinski definition) is 4. The van der Waals surface area contributed by atoms with E-state index in [0.717, 1.165) is 4.90 Å². The molecule has 0 bridgehead atoms. The molecule has 1 heterocycles. The van der Waals surface area contributed by atoms with E-state index in [-0.39, 0.29) is 12.8 Å². The Morgan fingerprint density at radius 2 is 1.75 bits per heavy atom. The van der Waals surface area contributed by atoms with Gasteiger partial charge in [-0.3, -0.25) is 14.4 Å². The third kappa shape index (κ3) is 5.62. The predicted molar refractivity (Wildman–Crippen MR) is 127 cm³/mol. The standard InChI is InChI=1S/C25H27N3O8/c1-25(23(33)34)13-18(22(31)32)21(16-8-4-3-5-9-16)28(25)19(29)14-26-24(35)27-17-10-6-7-15(11-17)12-20(30)36-2/h3-11,18,21H,12-14H2,1-2H3,(H,31,32)(H,33,34)(H2,26,27,35). The van der Waals surface area contributed by atoms with Crippen LogP contribution in [0.25, 0.3) is 0 Å². The molecule has 36 heavy (non-hydrogen) atoms. The molecule has 1 fully saturated rings. The largest absolute Gasteiger partial charge is 0.481 e. The number of benzene rings is 2. The smallest absolute Gasteiger partial charge is 0.329 e. The summed E-state index contributed by atoms with van der Waals surface area (Å²) in [7, 11) is 1.27. The molecule has 1 saturated heterocycles. The number of ether oxygens (including phenoxy) is 1. The second-order valence-corrected chi connectivity index (χ2v) is 8.61. The van der Waals surface area contributed by atoms with Crippen molar-refractivity contribution >= 4 is 35.5 Å². The minimum absolute atomic E-state index is 0.0144. The summed E-state index contributed by atoms with van der Waals surface area (Å²) in [6.07, 6.45) is -0.275. The predicted octanol–water partition coefficient (Wildman–Crippen LogP) is 2.04. The Balaban J connectivity index is 1.77. The number of carbonyl (C=O) groups excluding carboxylic acids is 3. The highest BCUT2D eigenvalue weighted by molar-refractivity contribution is 5.95. The first kappa shape index (κ1) is 26.2. The zero-order valence-corrected chi connectivity index (χ0v) is 19.8. The van der Waals surface area contributed by atoms with Gasteiger partial charge in [0.2, 0.25) is 5.91 Å². The van der Waals surface area contributed by atoms with Crippen molar-refractivity contribution in [3.05, 3.63) is 65.7 Å². The lowest BCUT2D eigenvalue weighted by molar-refractivity contribution is -0.156. The van der Waals surface area contributed by atoms with Gasteiger partial charge in [0.25, 0.3) is 0 Å². The van der Waals surface area contributed by atoms with Gasteiger partial charge in [-0.1, -0.05) is 42.5 Å². The minimum Gasteiger partial charge on any atom is -0.481 e. The second kappa shape index (κ2) is 10.9. The van der Waals surface area contributed by atoms with Crippen molar-refractivity contribution in [3.63, 3.8) is 0 Å². The van der Waals surface area contributed by atoms with Crippen LogP contribution < -0.4 is 10.6 Å². The molecule has 2 aromatic carbocycles. The van der Waals surface area contributed by atoms with Crippen molar-refractivity contribution in [3.8, 4) is 0 Å². The highest BCUT2D eigenvalue weighted by atomic mass is 16.5. The summed E-state index contributed by atoms with van der Waals surface area (Å²) in [4.78, 5) is 62.4. The lowest BCUT2D eigenvalue weighted by Gasteiger charge is -2.36. The molecule has 3 rings (SSSR count). The molecule has 1 aliphatic rings. The summed E-state index contributed by atoms with van der Waals surface area (Å²) < 4.78 is 4.63. The van der Waals surface area contributed by atoms with Crippen LogP contribution in [0.4, 0.5) is 10.5 Å². The van der Waals surface area contributed by atoms with E-state index in [9.17, 15) is 34.2 Å². The Hall–Kier alpha value is -4.41. The third-order valence-electron chi connectivity index (χ3n) is 6.16. The number of urea groups is 1. The summed E-state index contributed by atoms with van der Waals surface area (Å²) in [5, 5.41) is 24.7. The number of likely N-dealkylation sites (tertiary alicyclic amines) is 1. The van der Waals surface area contributed by atoms with E-state index in [0.29, 0.717) is 16.8 Å². The Labute approximate surface area is 207 Å². The molecule has 190 valence electrons. The molecule has 0 radical (unpaired) electrons. The van der Waals surface area contributed by atoms with Gasteiger partial charge >= 0.3 is 23.9 Å². The van der Waals surface area contributed by atoms with Gasteiger partial charge < -0.3 is 30.5 Å². The summed E-state index contributed by atoms with van der Waals surface area (Å²) in [6.45, 7) is 0.741. The van der Waals surface area contributed by atoms with Crippen LogP contribution in [0.3, 0.4) is 0 Å². The molecule has 2 aromatic rings. The zero-order chi connectivity index (χ0) is 26.5. The van der Waals surface area contributed by atoms with Crippen molar-refractivity contribution in [1.82, 2.24) is 10.2 Å². The number of anilines is 1. The zero-order valence-electron chi connectivity index (χ0n) is 19.8. The van der Waals surface area contributed by atoms with Gasteiger partial charge in [0.15, 0.2) is 0 Å². The van der Waals surface area contributed by atoms with Crippen LogP contribution in [-0.2, 0) is 30.3 Å². The molecule has 0 spiro atoms. The fourth-order valence-electron chi connectivity index (χ4n) is 4.41. The van der Waals surface area contributed by atoms with Crippen LogP contribution in [0, 0.1) is 5.92 Å². The fourth-order valence-corrected chi connectivity index (χ4v) is 4.41. The summed E-state index contributed by atoms with van der Waals surface area (Å²) in [5.74, 6) is -4.89. The second-order valence-electron chi connectivity index (χ2n) is 8.61. The molecule has 0 aromatic heterocycles. The average molecular weight is 498 g/mol. The van der Waals surface area contributed by atoms with Gasteiger partial charge in [0.1, 0.15) is 5.54 Å². The molecule has 11 nitrogen and oxygen atoms in total. The van der Waals surface area contributed by atoms with Crippen molar-refractivity contribution in [1.29, 1.82) is 0 Å². The molecule has 4 N–H and O–H groups in total. The van der Waals surface area contributed by atoms with E-state index in [1.807, 2.05) is 0 Å². The molecular weight excluding hydrogens is 470 g/mol. The number of methoxy groups -OCH3 is 1. The van der Waals surface area contributed by atoms with E-state index in [4.69, 9.17) is 0 Å². The quantitative estimate of drug-likeness (QED) is 0.403. The topological polar surface area (TPSA) is 162 Å². The van der Waals surface area contributed by atoms with E-state index in [1.54, 1.807) is 54.6 Å². The van der Waals surface area contributed by atoms with Gasteiger partial charge in [-0.05, 0) is 36.6 Å². The summed E-state index contributed by atoms with van der Waals surface area (Å²) in [6, 6.07) is 13.1. The number of amides is 3. The molecule has 11 heteroatoms. The van der Waals surface area contributed by atoms with Gasteiger partial charge in [0, 0.05) is 5.69 Å². The first-order chi connectivity index (χ1) is 17.1. The number of esters is 1. The molecule has 3 unspecified atom stereocenters. The molecule has 3 atom stereocenters. The molecule has 3 amide bonds. The maximum absolute atomic E-state index is 13.3. The molecule has 1 aliphatic heterocycles.